The SMILES string of the molecule is C=C/C=C(\C=C/C)c1c2nc(c(-c3ccccc3)c3ccc([nH]3)c(-c3ccccc3)c3nc(c(/C(C=C)=C/C=C\C)c4ccc1[nH]4)C=C3)C=C2. The lowest BCUT2D eigenvalue weighted by atomic mass is 10.0. The number of aromatic amines is 2. The highest BCUT2D eigenvalue weighted by Crippen LogP contribution is 2.37. The topological polar surface area (TPSA) is 57.4 Å². The molecular formula is C46H38N4. The molecule has 2 aliphatic rings. The molecule has 0 saturated heterocycles. The summed E-state index contributed by atoms with van der Waals surface area (Å²) in [6.07, 6.45) is 24.4. The fourth-order valence-corrected chi connectivity index (χ4v) is 6.61. The zero-order valence-corrected chi connectivity index (χ0v) is 28.3. The predicted molar refractivity (Wildman–Crippen MR) is 216 cm³/mol. The van der Waals surface area contributed by atoms with Crippen molar-refractivity contribution in [2.45, 2.75) is 13.8 Å². The fraction of sp³-hybridized carbons (Fsp3) is 0.0435. The van der Waals surface area contributed by atoms with Crippen LogP contribution in [-0.2, 0) is 0 Å². The lowest BCUT2D eigenvalue weighted by Crippen LogP contribution is -1.92. The lowest BCUT2D eigenvalue weighted by Gasteiger charge is -2.07. The number of hydrogen-bond donors (Lipinski definition) is 2. The molecule has 0 aliphatic carbocycles. The van der Waals surface area contributed by atoms with Crippen molar-refractivity contribution in [3.05, 3.63) is 181 Å². The van der Waals surface area contributed by atoms with Gasteiger partial charge in [0.15, 0.2) is 0 Å². The first-order valence-electron chi connectivity index (χ1n) is 16.8. The molecule has 2 N–H and O–H groups in total. The van der Waals surface area contributed by atoms with Crippen LogP contribution in [0.2, 0.25) is 0 Å². The summed E-state index contributed by atoms with van der Waals surface area (Å²) in [7, 11) is 0. The normalized spacial score (nSPS) is 13.1. The van der Waals surface area contributed by atoms with Crippen LogP contribution in [0, 0.1) is 0 Å². The Morgan fingerprint density at radius 2 is 1.02 bits per heavy atom. The molecule has 0 amide bonds. The number of nitrogens with zero attached hydrogens (tertiary/aromatic N) is 2. The minimum atomic E-state index is 0.846. The summed E-state index contributed by atoms with van der Waals surface area (Å²) in [6.45, 7) is 12.3. The number of fused-ring (bicyclic) bond motifs is 8. The number of benzene rings is 2. The van der Waals surface area contributed by atoms with Crippen molar-refractivity contribution >= 4 is 57.5 Å². The maximum absolute atomic E-state index is 5.35. The van der Waals surface area contributed by atoms with Gasteiger partial charge in [-0.15, -0.1) is 0 Å². The Morgan fingerprint density at radius 1 is 0.540 bits per heavy atom. The number of allylic oxidation sites excluding steroid dienone is 10. The first-order chi connectivity index (χ1) is 24.6. The predicted octanol–water partition coefficient (Wildman–Crippen LogP) is 12.3. The highest BCUT2D eigenvalue weighted by Gasteiger charge is 2.19. The van der Waals surface area contributed by atoms with Gasteiger partial charge in [-0.05, 0) is 84.7 Å². The first-order valence-corrected chi connectivity index (χ1v) is 16.8. The molecule has 242 valence electrons. The van der Waals surface area contributed by atoms with Crippen LogP contribution in [0.4, 0.5) is 0 Å². The minimum Gasteiger partial charge on any atom is -0.354 e. The molecule has 0 unspecified atom stereocenters. The van der Waals surface area contributed by atoms with Crippen molar-refractivity contribution < 1.29 is 0 Å². The van der Waals surface area contributed by atoms with Crippen molar-refractivity contribution in [3.63, 3.8) is 0 Å². The highest BCUT2D eigenvalue weighted by molar-refractivity contribution is 5.99. The van der Waals surface area contributed by atoms with Gasteiger partial charge in [-0.25, -0.2) is 9.97 Å². The van der Waals surface area contributed by atoms with E-state index in [4.69, 9.17) is 9.97 Å². The Hall–Kier alpha value is -6.52. The lowest BCUT2D eigenvalue weighted by molar-refractivity contribution is 1.29. The molecular weight excluding hydrogens is 609 g/mol. The maximum Gasteiger partial charge on any atom is 0.0737 e. The summed E-state index contributed by atoms with van der Waals surface area (Å²) < 4.78 is 0. The van der Waals surface area contributed by atoms with E-state index in [0.717, 1.165) is 89.4 Å². The van der Waals surface area contributed by atoms with Gasteiger partial charge >= 0.3 is 0 Å². The van der Waals surface area contributed by atoms with Gasteiger partial charge in [0.2, 0.25) is 0 Å². The van der Waals surface area contributed by atoms with Crippen molar-refractivity contribution in [2.24, 2.45) is 0 Å². The molecule has 0 saturated carbocycles. The van der Waals surface area contributed by atoms with Gasteiger partial charge in [0.25, 0.3) is 0 Å². The van der Waals surface area contributed by atoms with Crippen LogP contribution in [0.1, 0.15) is 47.8 Å². The molecule has 2 aliphatic heterocycles. The fourth-order valence-electron chi connectivity index (χ4n) is 6.61. The smallest absolute Gasteiger partial charge is 0.0737 e. The number of rotatable bonds is 8. The standard InChI is InChI=1S/C46H38N4/c1-5-9-18-31(8-4)43-35-23-25-37(47-35)44(32(16-6-2)17-7-3)38-27-28-40(49-38)46(34-21-14-11-15-22-34)42-30-29-41(50-42)45(33-19-12-10-13-20-33)39-26-24-36(43)48-39/h5-30,47,50H,2,4H2,1,3H3/b9-5-,17-7-,31-18+,32-16+,43-35?,43-36?,44-37?,44-38?,45-39?,45-41?,46-40?,46-42?. The van der Waals surface area contributed by atoms with Gasteiger partial charge in [-0.2, -0.15) is 0 Å². The van der Waals surface area contributed by atoms with E-state index >= 15 is 0 Å². The zero-order valence-electron chi connectivity index (χ0n) is 28.3. The van der Waals surface area contributed by atoms with Crippen LogP contribution < -0.4 is 0 Å². The van der Waals surface area contributed by atoms with Crippen LogP contribution in [-0.4, -0.2) is 19.9 Å². The highest BCUT2D eigenvalue weighted by atomic mass is 14.8. The summed E-state index contributed by atoms with van der Waals surface area (Å²) in [5.74, 6) is 0. The van der Waals surface area contributed by atoms with Gasteiger partial charge in [0.1, 0.15) is 0 Å². The van der Waals surface area contributed by atoms with E-state index in [1.54, 1.807) is 0 Å². The van der Waals surface area contributed by atoms with Gasteiger partial charge in [0, 0.05) is 44.3 Å². The van der Waals surface area contributed by atoms with Gasteiger partial charge in [-0.3, -0.25) is 0 Å². The summed E-state index contributed by atoms with van der Waals surface area (Å²) in [6, 6.07) is 29.4. The minimum absolute atomic E-state index is 0.846. The Morgan fingerprint density at radius 3 is 1.50 bits per heavy atom. The van der Waals surface area contributed by atoms with Crippen molar-refractivity contribution in [1.82, 2.24) is 19.9 Å². The van der Waals surface area contributed by atoms with Crippen LogP contribution in [0.5, 0.6) is 0 Å². The molecule has 0 radical (unpaired) electrons. The van der Waals surface area contributed by atoms with E-state index in [1.165, 1.54) is 0 Å². The average molecular weight is 647 g/mol. The molecule has 0 spiro atoms. The molecule has 7 rings (SSSR count). The zero-order chi connectivity index (χ0) is 34.5. The number of nitrogens with one attached hydrogen (secondary N) is 2. The van der Waals surface area contributed by atoms with Gasteiger partial charge in [0.05, 0.1) is 22.8 Å². The van der Waals surface area contributed by atoms with Crippen molar-refractivity contribution in [3.8, 4) is 22.3 Å². The molecule has 0 fully saturated rings. The molecule has 0 atom stereocenters. The molecule has 2 aromatic carbocycles. The summed E-state index contributed by atoms with van der Waals surface area (Å²) >= 11 is 0. The van der Waals surface area contributed by atoms with E-state index in [1.807, 2.05) is 62.4 Å². The molecule has 5 heterocycles. The van der Waals surface area contributed by atoms with E-state index in [9.17, 15) is 0 Å². The van der Waals surface area contributed by atoms with E-state index in [-0.39, 0.29) is 0 Å². The number of H-pyrrole nitrogens is 2. The summed E-state index contributed by atoms with van der Waals surface area (Å²) in [5.41, 5.74) is 15.3. The van der Waals surface area contributed by atoms with Gasteiger partial charge in [-0.1, -0.05) is 122 Å². The third-order valence-corrected chi connectivity index (χ3v) is 8.79. The molecule has 4 heteroatoms. The van der Waals surface area contributed by atoms with Crippen molar-refractivity contribution in [2.75, 3.05) is 0 Å². The van der Waals surface area contributed by atoms with Crippen LogP contribution in [0.15, 0.2) is 147 Å². The number of hydrogen-bond acceptors (Lipinski definition) is 2. The monoisotopic (exact) mass is 646 g/mol. The molecule has 50 heavy (non-hydrogen) atoms. The van der Waals surface area contributed by atoms with Crippen LogP contribution >= 0.6 is 0 Å². The van der Waals surface area contributed by atoms with Gasteiger partial charge < -0.3 is 9.97 Å². The van der Waals surface area contributed by atoms with Crippen LogP contribution in [0.25, 0.3) is 79.8 Å². The van der Waals surface area contributed by atoms with E-state index in [0.29, 0.717) is 0 Å². The third-order valence-electron chi connectivity index (χ3n) is 8.79. The third kappa shape index (κ3) is 6.11. The molecule has 3 aromatic heterocycles. The largest absolute Gasteiger partial charge is 0.354 e. The Balaban J connectivity index is 1.73. The second-order valence-electron chi connectivity index (χ2n) is 11.9. The summed E-state index contributed by atoms with van der Waals surface area (Å²) in [4.78, 5) is 18.2. The molecule has 5 aromatic rings. The second-order valence-corrected chi connectivity index (χ2v) is 11.9. The molecule has 4 nitrogen and oxygen atoms in total. The number of aromatic nitrogens is 4. The van der Waals surface area contributed by atoms with Crippen molar-refractivity contribution in [1.29, 1.82) is 0 Å². The molecule has 8 bridgehead atoms. The maximum atomic E-state index is 5.35. The van der Waals surface area contributed by atoms with Crippen LogP contribution in [0.3, 0.4) is 0 Å². The second kappa shape index (κ2) is 14.3. The summed E-state index contributed by atoms with van der Waals surface area (Å²) in [5, 5.41) is 0. The average Bonchev–Trinajstić information content (AvgIpc) is 3.98. The quantitative estimate of drug-likeness (QED) is 0.161. The van der Waals surface area contributed by atoms with E-state index in [2.05, 4.69) is 132 Å². The Labute approximate surface area is 293 Å². The first kappa shape index (κ1) is 32.0. The Kier molecular flexibility index (Phi) is 9.17. The Bertz CT molecular complexity index is 2460. The van der Waals surface area contributed by atoms with E-state index < -0.39 is 0 Å².